The van der Waals surface area contributed by atoms with E-state index in [1.54, 1.807) is 0 Å². The van der Waals surface area contributed by atoms with E-state index in [2.05, 4.69) is 50.9 Å². The SMILES string of the molecule is CNc1ccc(SN2CCN(Cc3ccc4c(c3)OCO4)CC2)cc1. The van der Waals surface area contributed by atoms with Crippen molar-refractivity contribution in [1.29, 1.82) is 0 Å². The third-order valence-corrected chi connectivity index (χ3v) is 5.66. The monoisotopic (exact) mass is 357 g/mol. The van der Waals surface area contributed by atoms with Gasteiger partial charge in [0.15, 0.2) is 11.5 Å². The molecule has 0 bridgehead atoms. The number of benzene rings is 2. The molecular weight excluding hydrogens is 334 g/mol. The predicted octanol–water partition coefficient (Wildman–Crippen LogP) is 3.28. The first-order valence-electron chi connectivity index (χ1n) is 8.62. The molecule has 1 saturated heterocycles. The van der Waals surface area contributed by atoms with Crippen LogP contribution >= 0.6 is 11.9 Å². The molecule has 2 aromatic carbocycles. The maximum atomic E-state index is 5.47. The molecule has 0 amide bonds. The number of ether oxygens (including phenoxy) is 2. The lowest BCUT2D eigenvalue weighted by molar-refractivity contribution is 0.173. The summed E-state index contributed by atoms with van der Waals surface area (Å²) in [4.78, 5) is 3.79. The third kappa shape index (κ3) is 4.03. The van der Waals surface area contributed by atoms with Gasteiger partial charge in [-0.3, -0.25) is 4.90 Å². The van der Waals surface area contributed by atoms with Crippen molar-refractivity contribution < 1.29 is 9.47 Å². The Morgan fingerprint density at radius 1 is 0.960 bits per heavy atom. The van der Waals surface area contributed by atoms with Crippen LogP contribution in [0.5, 0.6) is 11.5 Å². The van der Waals surface area contributed by atoms with E-state index in [1.807, 2.05) is 25.1 Å². The standard InChI is InChI=1S/C19H23N3O2S/c1-20-16-3-5-17(6-4-16)25-22-10-8-21(9-11-22)13-15-2-7-18-19(12-15)24-14-23-18/h2-7,12,20H,8-11,13-14H2,1H3. The maximum Gasteiger partial charge on any atom is 0.231 e. The summed E-state index contributed by atoms with van der Waals surface area (Å²) in [7, 11) is 1.95. The molecule has 0 aromatic heterocycles. The van der Waals surface area contributed by atoms with Crippen molar-refractivity contribution in [1.82, 2.24) is 9.21 Å². The molecule has 25 heavy (non-hydrogen) atoms. The van der Waals surface area contributed by atoms with E-state index in [1.165, 1.54) is 10.5 Å². The summed E-state index contributed by atoms with van der Waals surface area (Å²) in [6.45, 7) is 5.61. The highest BCUT2D eigenvalue weighted by molar-refractivity contribution is 7.97. The van der Waals surface area contributed by atoms with Gasteiger partial charge in [-0.25, -0.2) is 4.31 Å². The molecular formula is C19H23N3O2S. The molecule has 4 rings (SSSR count). The fraction of sp³-hybridized carbons (Fsp3) is 0.368. The van der Waals surface area contributed by atoms with E-state index in [9.17, 15) is 0 Å². The van der Waals surface area contributed by atoms with Crippen molar-refractivity contribution in [3.05, 3.63) is 48.0 Å². The molecule has 1 fully saturated rings. The number of nitrogens with one attached hydrogen (secondary N) is 1. The van der Waals surface area contributed by atoms with Gasteiger partial charge in [-0.1, -0.05) is 6.07 Å². The molecule has 2 aromatic rings. The highest BCUT2D eigenvalue weighted by Gasteiger charge is 2.19. The van der Waals surface area contributed by atoms with Gasteiger partial charge < -0.3 is 14.8 Å². The molecule has 132 valence electrons. The summed E-state index contributed by atoms with van der Waals surface area (Å²) >= 11 is 1.85. The van der Waals surface area contributed by atoms with Crippen LogP contribution in [-0.4, -0.2) is 49.2 Å². The second kappa shape index (κ2) is 7.56. The van der Waals surface area contributed by atoms with Crippen LogP contribution in [0.3, 0.4) is 0 Å². The zero-order valence-corrected chi connectivity index (χ0v) is 15.2. The van der Waals surface area contributed by atoms with Crippen LogP contribution in [0, 0.1) is 0 Å². The summed E-state index contributed by atoms with van der Waals surface area (Å²) in [5, 5.41) is 3.16. The van der Waals surface area contributed by atoms with E-state index >= 15 is 0 Å². The van der Waals surface area contributed by atoms with Gasteiger partial charge >= 0.3 is 0 Å². The minimum atomic E-state index is 0.337. The number of anilines is 1. The van der Waals surface area contributed by atoms with Crippen molar-refractivity contribution in [2.24, 2.45) is 0 Å². The summed E-state index contributed by atoms with van der Waals surface area (Å²) in [6, 6.07) is 14.9. The average molecular weight is 357 g/mol. The number of hydrogen-bond acceptors (Lipinski definition) is 6. The fourth-order valence-corrected chi connectivity index (χ4v) is 4.01. The van der Waals surface area contributed by atoms with Crippen LogP contribution in [0.4, 0.5) is 5.69 Å². The Kier molecular flexibility index (Phi) is 5.01. The van der Waals surface area contributed by atoms with Crippen molar-refractivity contribution in [3.63, 3.8) is 0 Å². The normalized spacial score (nSPS) is 17.6. The Morgan fingerprint density at radius 2 is 1.72 bits per heavy atom. The molecule has 2 aliphatic rings. The zero-order valence-electron chi connectivity index (χ0n) is 14.4. The molecule has 2 aliphatic heterocycles. The smallest absolute Gasteiger partial charge is 0.231 e. The minimum absolute atomic E-state index is 0.337. The van der Waals surface area contributed by atoms with E-state index in [4.69, 9.17) is 9.47 Å². The predicted molar refractivity (Wildman–Crippen MR) is 101 cm³/mol. The highest BCUT2D eigenvalue weighted by atomic mass is 32.2. The quantitative estimate of drug-likeness (QED) is 0.828. The number of nitrogens with zero attached hydrogens (tertiary/aromatic N) is 2. The van der Waals surface area contributed by atoms with Crippen molar-refractivity contribution >= 4 is 17.6 Å². The number of fused-ring (bicyclic) bond motifs is 1. The maximum absolute atomic E-state index is 5.47. The molecule has 1 N–H and O–H groups in total. The minimum Gasteiger partial charge on any atom is -0.454 e. The van der Waals surface area contributed by atoms with Crippen LogP contribution < -0.4 is 14.8 Å². The van der Waals surface area contributed by atoms with Crippen LogP contribution in [0.25, 0.3) is 0 Å². The summed E-state index contributed by atoms with van der Waals surface area (Å²) in [5.41, 5.74) is 2.44. The first kappa shape index (κ1) is 16.6. The summed E-state index contributed by atoms with van der Waals surface area (Å²) in [6.07, 6.45) is 0. The molecule has 0 atom stereocenters. The third-order valence-electron chi connectivity index (χ3n) is 4.55. The first-order valence-corrected chi connectivity index (χ1v) is 9.39. The Balaban J connectivity index is 1.28. The molecule has 0 unspecified atom stereocenters. The van der Waals surface area contributed by atoms with Gasteiger partial charge in [-0.15, -0.1) is 0 Å². The van der Waals surface area contributed by atoms with E-state index in [-0.39, 0.29) is 0 Å². The van der Waals surface area contributed by atoms with E-state index < -0.39 is 0 Å². The van der Waals surface area contributed by atoms with E-state index in [0.717, 1.165) is 49.9 Å². The lowest BCUT2D eigenvalue weighted by Gasteiger charge is -2.33. The first-order chi connectivity index (χ1) is 12.3. The van der Waals surface area contributed by atoms with Gasteiger partial charge in [0, 0.05) is 50.4 Å². The molecule has 5 nitrogen and oxygen atoms in total. The second-order valence-electron chi connectivity index (χ2n) is 6.26. The van der Waals surface area contributed by atoms with Crippen molar-refractivity contribution in [2.75, 3.05) is 45.3 Å². The van der Waals surface area contributed by atoms with Gasteiger partial charge in [0.05, 0.1) is 0 Å². The second-order valence-corrected chi connectivity index (χ2v) is 7.43. The largest absolute Gasteiger partial charge is 0.454 e. The molecule has 0 spiro atoms. The zero-order chi connectivity index (χ0) is 17.1. The number of rotatable bonds is 5. The van der Waals surface area contributed by atoms with Crippen LogP contribution in [0.2, 0.25) is 0 Å². The molecule has 6 heteroatoms. The number of piperazine rings is 1. The van der Waals surface area contributed by atoms with Crippen LogP contribution in [-0.2, 0) is 6.54 Å². The Morgan fingerprint density at radius 3 is 2.48 bits per heavy atom. The highest BCUT2D eigenvalue weighted by Crippen LogP contribution is 2.33. The lowest BCUT2D eigenvalue weighted by Crippen LogP contribution is -2.42. The topological polar surface area (TPSA) is 37.0 Å². The van der Waals surface area contributed by atoms with Crippen LogP contribution in [0.15, 0.2) is 47.4 Å². The molecule has 0 saturated carbocycles. The van der Waals surface area contributed by atoms with Gasteiger partial charge in [-0.05, 0) is 53.9 Å². The molecule has 0 aliphatic carbocycles. The van der Waals surface area contributed by atoms with E-state index in [0.29, 0.717) is 6.79 Å². The average Bonchev–Trinajstić information content (AvgIpc) is 3.12. The van der Waals surface area contributed by atoms with Gasteiger partial charge in [-0.2, -0.15) is 0 Å². The van der Waals surface area contributed by atoms with Crippen molar-refractivity contribution in [3.8, 4) is 11.5 Å². The fourth-order valence-electron chi connectivity index (χ4n) is 3.11. The van der Waals surface area contributed by atoms with Gasteiger partial charge in [0.1, 0.15) is 0 Å². The molecule has 2 heterocycles. The van der Waals surface area contributed by atoms with Crippen LogP contribution in [0.1, 0.15) is 5.56 Å². The van der Waals surface area contributed by atoms with Crippen molar-refractivity contribution in [2.45, 2.75) is 11.4 Å². The summed E-state index contributed by atoms with van der Waals surface area (Å²) in [5.74, 6) is 1.73. The Bertz CT molecular complexity index is 715. The lowest BCUT2D eigenvalue weighted by atomic mass is 10.2. The number of hydrogen-bond donors (Lipinski definition) is 1. The Labute approximate surface area is 153 Å². The molecule has 0 radical (unpaired) electrons. The van der Waals surface area contributed by atoms with Gasteiger partial charge in [0.25, 0.3) is 0 Å². The summed E-state index contributed by atoms with van der Waals surface area (Å²) < 4.78 is 13.3. The Hall–Kier alpha value is -1.89. The van der Waals surface area contributed by atoms with Gasteiger partial charge in [0.2, 0.25) is 6.79 Å².